The van der Waals surface area contributed by atoms with E-state index in [4.69, 9.17) is 4.74 Å². The SMILES string of the molecule is CCCCCCCC(C)C(=O)OC1NCC12CCN(c1ccc3c(c1)C(=O)N(C1CCC(=O)NC1=O)C3=O)CC2. The van der Waals surface area contributed by atoms with Crippen LogP contribution in [-0.2, 0) is 19.1 Å². The number of benzene rings is 1. The predicted molar refractivity (Wildman–Crippen MR) is 147 cm³/mol. The maximum absolute atomic E-state index is 13.2. The Kier molecular flexibility index (Phi) is 8.26. The van der Waals surface area contributed by atoms with Crippen molar-refractivity contribution >= 4 is 35.3 Å². The summed E-state index contributed by atoms with van der Waals surface area (Å²) in [5, 5.41) is 5.54. The van der Waals surface area contributed by atoms with Crippen LogP contribution < -0.4 is 15.5 Å². The minimum atomic E-state index is -0.974. The lowest BCUT2D eigenvalue weighted by atomic mass is 9.71. The van der Waals surface area contributed by atoms with Gasteiger partial charge in [0.05, 0.1) is 17.0 Å². The molecule has 3 unspecified atom stereocenters. The molecule has 0 aliphatic carbocycles. The summed E-state index contributed by atoms with van der Waals surface area (Å²) < 4.78 is 5.92. The zero-order chi connectivity index (χ0) is 28.4. The van der Waals surface area contributed by atoms with Crippen molar-refractivity contribution in [2.45, 2.75) is 90.3 Å². The van der Waals surface area contributed by atoms with Gasteiger partial charge in [0.2, 0.25) is 11.8 Å². The quantitative estimate of drug-likeness (QED) is 0.258. The molecule has 4 aliphatic rings. The number of carbonyl (C=O) groups excluding carboxylic acids is 5. The molecule has 40 heavy (non-hydrogen) atoms. The molecule has 216 valence electrons. The van der Waals surface area contributed by atoms with E-state index in [9.17, 15) is 24.0 Å². The number of hydrogen-bond donors (Lipinski definition) is 2. The Hall–Kier alpha value is -3.27. The second-order valence-corrected chi connectivity index (χ2v) is 11.8. The van der Waals surface area contributed by atoms with E-state index < -0.39 is 29.7 Å². The van der Waals surface area contributed by atoms with Gasteiger partial charge in [-0.25, -0.2) is 0 Å². The van der Waals surface area contributed by atoms with Crippen LogP contribution in [0.15, 0.2) is 18.2 Å². The molecule has 10 heteroatoms. The minimum absolute atomic E-state index is 0.0852. The predicted octanol–water partition coefficient (Wildman–Crippen LogP) is 3.14. The van der Waals surface area contributed by atoms with Crippen molar-refractivity contribution in [2.75, 3.05) is 24.5 Å². The fourth-order valence-electron chi connectivity index (χ4n) is 6.35. The summed E-state index contributed by atoms with van der Waals surface area (Å²) in [6.07, 6.45) is 8.37. The third-order valence-electron chi connectivity index (χ3n) is 9.12. The van der Waals surface area contributed by atoms with Crippen LogP contribution in [0, 0.1) is 11.3 Å². The molecule has 3 saturated heterocycles. The summed E-state index contributed by atoms with van der Waals surface area (Å²) in [6.45, 7) is 6.43. The van der Waals surface area contributed by atoms with E-state index >= 15 is 0 Å². The molecule has 3 atom stereocenters. The normalized spacial score (nSPS) is 24.6. The number of unbranched alkanes of at least 4 members (excludes halogenated alkanes) is 4. The molecule has 1 spiro atoms. The van der Waals surface area contributed by atoms with Crippen LogP contribution in [0.5, 0.6) is 0 Å². The summed E-state index contributed by atoms with van der Waals surface area (Å²) in [4.78, 5) is 66.0. The highest BCUT2D eigenvalue weighted by Gasteiger charge is 2.51. The smallest absolute Gasteiger partial charge is 0.310 e. The molecular formula is C30H40N4O6. The lowest BCUT2D eigenvalue weighted by Crippen LogP contribution is -2.67. The first-order chi connectivity index (χ1) is 19.2. The maximum atomic E-state index is 13.2. The van der Waals surface area contributed by atoms with Crippen LogP contribution in [0.2, 0.25) is 0 Å². The Morgan fingerprint density at radius 2 is 1.77 bits per heavy atom. The van der Waals surface area contributed by atoms with Gasteiger partial charge in [-0.15, -0.1) is 0 Å². The number of nitrogens with one attached hydrogen (secondary N) is 2. The van der Waals surface area contributed by atoms with Crippen LogP contribution in [0.4, 0.5) is 5.69 Å². The number of nitrogens with zero attached hydrogens (tertiary/aromatic N) is 2. The summed E-state index contributed by atoms with van der Waals surface area (Å²) in [5.41, 5.74) is 1.32. The lowest BCUT2D eigenvalue weighted by Gasteiger charge is -2.53. The van der Waals surface area contributed by atoms with Gasteiger partial charge in [-0.2, -0.15) is 0 Å². The molecule has 1 aromatic carbocycles. The highest BCUT2D eigenvalue weighted by atomic mass is 16.6. The minimum Gasteiger partial charge on any atom is -0.446 e. The van der Waals surface area contributed by atoms with E-state index in [1.165, 1.54) is 19.3 Å². The number of amides is 4. The zero-order valence-electron chi connectivity index (χ0n) is 23.5. The molecule has 4 heterocycles. The number of carbonyl (C=O) groups is 5. The standard InChI is InChI=1S/C30H40N4O6/c1-3-4-5-6-7-8-19(2)28(39)40-29-30(18-31-29)13-15-33(16-14-30)20-9-10-21-22(17-20)27(38)34(26(21)37)23-11-12-24(35)32-25(23)36/h9-10,17,19,23,29,31H,3-8,11-16,18H2,1-2H3,(H,32,35,36). The van der Waals surface area contributed by atoms with Gasteiger partial charge in [0.1, 0.15) is 6.04 Å². The Bertz CT molecular complexity index is 1190. The summed E-state index contributed by atoms with van der Waals surface area (Å²) in [6, 6.07) is 4.26. The number of esters is 1. The second kappa shape index (κ2) is 11.7. The van der Waals surface area contributed by atoms with Gasteiger partial charge in [-0.1, -0.05) is 46.0 Å². The van der Waals surface area contributed by atoms with Crippen LogP contribution in [0.1, 0.15) is 98.8 Å². The summed E-state index contributed by atoms with van der Waals surface area (Å²) >= 11 is 0. The van der Waals surface area contributed by atoms with Crippen molar-refractivity contribution < 1.29 is 28.7 Å². The Balaban J connectivity index is 1.16. The molecule has 0 bridgehead atoms. The number of fused-ring (bicyclic) bond motifs is 1. The van der Waals surface area contributed by atoms with Crippen molar-refractivity contribution in [2.24, 2.45) is 11.3 Å². The van der Waals surface area contributed by atoms with Crippen LogP contribution in [0.3, 0.4) is 0 Å². The molecule has 0 radical (unpaired) electrons. The van der Waals surface area contributed by atoms with Crippen molar-refractivity contribution in [3.05, 3.63) is 29.3 Å². The number of ether oxygens (including phenoxy) is 1. The fraction of sp³-hybridized carbons (Fsp3) is 0.633. The van der Waals surface area contributed by atoms with Gasteiger partial charge >= 0.3 is 5.97 Å². The van der Waals surface area contributed by atoms with Crippen molar-refractivity contribution in [3.63, 3.8) is 0 Å². The summed E-state index contributed by atoms with van der Waals surface area (Å²) in [7, 11) is 0. The van der Waals surface area contributed by atoms with Gasteiger partial charge < -0.3 is 9.64 Å². The van der Waals surface area contributed by atoms with Crippen LogP contribution in [0.25, 0.3) is 0 Å². The van der Waals surface area contributed by atoms with E-state index in [0.29, 0.717) is 0 Å². The van der Waals surface area contributed by atoms with Gasteiger partial charge in [-0.05, 0) is 43.9 Å². The van der Waals surface area contributed by atoms with Crippen molar-refractivity contribution in [1.82, 2.24) is 15.5 Å². The average Bonchev–Trinajstić information content (AvgIpc) is 3.19. The van der Waals surface area contributed by atoms with Gasteiger partial charge in [0, 0.05) is 37.2 Å². The van der Waals surface area contributed by atoms with Crippen molar-refractivity contribution in [3.8, 4) is 0 Å². The molecule has 1 aromatic rings. The lowest BCUT2D eigenvalue weighted by molar-refractivity contribution is -0.179. The van der Waals surface area contributed by atoms with Crippen LogP contribution in [-0.4, -0.2) is 66.4 Å². The molecule has 4 amide bonds. The fourth-order valence-corrected chi connectivity index (χ4v) is 6.35. The number of hydrogen-bond acceptors (Lipinski definition) is 8. The molecule has 3 fully saturated rings. The Labute approximate surface area is 235 Å². The highest BCUT2D eigenvalue weighted by Crippen LogP contribution is 2.42. The summed E-state index contributed by atoms with van der Waals surface area (Å²) in [5.74, 6) is -2.24. The first-order valence-electron chi connectivity index (χ1n) is 14.8. The molecule has 10 nitrogen and oxygen atoms in total. The molecule has 0 aromatic heterocycles. The Morgan fingerprint density at radius 1 is 1.05 bits per heavy atom. The average molecular weight is 553 g/mol. The second-order valence-electron chi connectivity index (χ2n) is 11.8. The maximum Gasteiger partial charge on any atom is 0.310 e. The number of rotatable bonds is 10. The molecular weight excluding hydrogens is 512 g/mol. The number of anilines is 1. The van der Waals surface area contributed by atoms with Gasteiger partial charge in [0.25, 0.3) is 11.8 Å². The third kappa shape index (κ3) is 5.38. The van der Waals surface area contributed by atoms with Gasteiger partial charge in [-0.3, -0.25) is 39.5 Å². The Morgan fingerprint density at radius 3 is 2.45 bits per heavy atom. The van der Waals surface area contributed by atoms with Crippen molar-refractivity contribution in [1.29, 1.82) is 0 Å². The number of imide groups is 2. The zero-order valence-corrected chi connectivity index (χ0v) is 23.5. The van der Waals surface area contributed by atoms with Gasteiger partial charge in [0.15, 0.2) is 6.23 Å². The van der Waals surface area contributed by atoms with E-state index in [0.717, 1.165) is 62.3 Å². The number of piperidine rings is 2. The van der Waals surface area contributed by atoms with E-state index in [-0.39, 0.29) is 47.5 Å². The molecule has 4 aliphatic heterocycles. The highest BCUT2D eigenvalue weighted by molar-refractivity contribution is 6.23. The van der Waals surface area contributed by atoms with E-state index in [1.807, 2.05) is 13.0 Å². The van der Waals surface area contributed by atoms with E-state index in [1.54, 1.807) is 12.1 Å². The molecule has 0 saturated carbocycles. The van der Waals surface area contributed by atoms with Crippen LogP contribution >= 0.6 is 0 Å². The molecule has 2 N–H and O–H groups in total. The largest absolute Gasteiger partial charge is 0.446 e. The first kappa shape index (κ1) is 28.3. The third-order valence-corrected chi connectivity index (χ3v) is 9.12. The topological polar surface area (TPSA) is 125 Å². The molecule has 5 rings (SSSR count). The first-order valence-corrected chi connectivity index (χ1v) is 14.8. The monoisotopic (exact) mass is 552 g/mol. The van der Waals surface area contributed by atoms with E-state index in [2.05, 4.69) is 22.5 Å².